The van der Waals surface area contributed by atoms with Crippen LogP contribution in [-0.2, 0) is 4.79 Å². The highest BCUT2D eigenvalue weighted by atomic mass is 35.5. The van der Waals surface area contributed by atoms with E-state index in [1.807, 2.05) is 0 Å². The molecular formula is C10H11ClN2O4. The molecule has 1 heterocycles. The van der Waals surface area contributed by atoms with E-state index in [4.69, 9.17) is 16.7 Å². The minimum atomic E-state index is -1.16. The van der Waals surface area contributed by atoms with Crippen LogP contribution in [0.1, 0.15) is 16.1 Å². The molecule has 0 aliphatic rings. The van der Waals surface area contributed by atoms with Crippen molar-refractivity contribution in [2.24, 2.45) is 0 Å². The maximum atomic E-state index is 11.7. The fourth-order valence-corrected chi connectivity index (χ4v) is 1.39. The Bertz CT molecular complexity index is 524. The highest BCUT2D eigenvalue weighted by Gasteiger charge is 2.18. The third-order valence-corrected chi connectivity index (χ3v) is 2.52. The van der Waals surface area contributed by atoms with Gasteiger partial charge in [-0.15, -0.1) is 0 Å². The van der Waals surface area contributed by atoms with E-state index in [9.17, 15) is 14.4 Å². The molecule has 0 fully saturated rings. The van der Waals surface area contributed by atoms with E-state index in [0.717, 1.165) is 4.90 Å². The highest BCUT2D eigenvalue weighted by Crippen LogP contribution is 2.12. The Kier molecular flexibility index (Phi) is 3.90. The summed E-state index contributed by atoms with van der Waals surface area (Å²) in [7, 11) is 1.30. The molecule has 0 radical (unpaired) electrons. The van der Waals surface area contributed by atoms with Crippen LogP contribution < -0.4 is 5.56 Å². The number of aliphatic carboxylic acids is 1. The van der Waals surface area contributed by atoms with Crippen molar-refractivity contribution in [3.8, 4) is 0 Å². The molecule has 7 heteroatoms. The topological polar surface area (TPSA) is 90.5 Å². The fourth-order valence-electron chi connectivity index (χ4n) is 1.24. The van der Waals surface area contributed by atoms with Gasteiger partial charge in [0.1, 0.15) is 12.1 Å². The monoisotopic (exact) mass is 258 g/mol. The number of aromatic amines is 1. The van der Waals surface area contributed by atoms with Crippen LogP contribution in [-0.4, -0.2) is 40.5 Å². The quantitative estimate of drug-likeness (QED) is 0.826. The lowest BCUT2D eigenvalue weighted by molar-refractivity contribution is -0.137. The van der Waals surface area contributed by atoms with Crippen molar-refractivity contribution in [3.63, 3.8) is 0 Å². The molecule has 0 aromatic carbocycles. The molecule has 0 saturated heterocycles. The molecule has 0 unspecified atom stereocenters. The first-order chi connectivity index (χ1) is 7.82. The van der Waals surface area contributed by atoms with E-state index in [1.54, 1.807) is 6.92 Å². The number of H-pyrrole nitrogens is 1. The Labute approximate surface area is 102 Å². The van der Waals surface area contributed by atoms with E-state index in [0.29, 0.717) is 5.69 Å². The summed E-state index contributed by atoms with van der Waals surface area (Å²) in [6, 6.07) is 1.23. The van der Waals surface area contributed by atoms with Crippen LogP contribution in [0, 0.1) is 6.92 Å². The Morgan fingerprint density at radius 2 is 2.12 bits per heavy atom. The van der Waals surface area contributed by atoms with E-state index in [2.05, 4.69) is 4.98 Å². The Morgan fingerprint density at radius 3 is 2.65 bits per heavy atom. The van der Waals surface area contributed by atoms with Gasteiger partial charge in [0, 0.05) is 12.7 Å². The molecule has 0 atom stereocenters. The number of aromatic nitrogens is 1. The number of carbonyl (C=O) groups excluding carboxylic acids is 1. The minimum absolute atomic E-state index is 0.177. The van der Waals surface area contributed by atoms with Crippen LogP contribution >= 0.6 is 11.6 Å². The van der Waals surface area contributed by atoms with E-state index < -0.39 is 24.0 Å². The SMILES string of the molecule is Cc1[nH]c(=O)c(C(=O)N(C)CC(=O)O)cc1Cl. The summed E-state index contributed by atoms with van der Waals surface area (Å²) in [4.78, 5) is 37.1. The van der Waals surface area contributed by atoms with Crippen molar-refractivity contribution in [1.82, 2.24) is 9.88 Å². The molecule has 2 N–H and O–H groups in total. The summed E-state index contributed by atoms with van der Waals surface area (Å²) in [6.45, 7) is 1.11. The van der Waals surface area contributed by atoms with Crippen molar-refractivity contribution in [1.29, 1.82) is 0 Å². The number of likely N-dealkylation sites (N-methyl/N-ethyl adjacent to an activating group) is 1. The van der Waals surface area contributed by atoms with Crippen molar-refractivity contribution >= 4 is 23.5 Å². The van der Waals surface area contributed by atoms with Crippen LogP contribution in [0.25, 0.3) is 0 Å². The van der Waals surface area contributed by atoms with Gasteiger partial charge >= 0.3 is 5.97 Å². The number of hydrogen-bond acceptors (Lipinski definition) is 3. The first-order valence-corrected chi connectivity index (χ1v) is 5.07. The zero-order valence-electron chi connectivity index (χ0n) is 9.28. The molecule has 0 aliphatic carbocycles. The highest BCUT2D eigenvalue weighted by molar-refractivity contribution is 6.31. The Balaban J connectivity index is 3.09. The average Bonchev–Trinajstić information content (AvgIpc) is 2.21. The lowest BCUT2D eigenvalue weighted by atomic mass is 10.2. The number of nitrogens with one attached hydrogen (secondary N) is 1. The summed E-state index contributed by atoms with van der Waals surface area (Å²) in [5.74, 6) is -1.84. The van der Waals surface area contributed by atoms with Crippen molar-refractivity contribution < 1.29 is 14.7 Å². The lowest BCUT2D eigenvalue weighted by Gasteiger charge is -2.14. The normalized spacial score (nSPS) is 10.1. The molecule has 0 spiro atoms. The van der Waals surface area contributed by atoms with E-state index >= 15 is 0 Å². The fraction of sp³-hybridized carbons (Fsp3) is 0.300. The molecule has 92 valence electrons. The number of carboxylic acids is 1. The largest absolute Gasteiger partial charge is 0.480 e. The van der Waals surface area contributed by atoms with E-state index in [1.165, 1.54) is 13.1 Å². The molecule has 1 rings (SSSR count). The molecule has 0 aliphatic heterocycles. The maximum Gasteiger partial charge on any atom is 0.323 e. The van der Waals surface area contributed by atoms with Gasteiger partial charge in [-0.1, -0.05) is 11.6 Å². The molecule has 1 amide bonds. The third-order valence-electron chi connectivity index (χ3n) is 2.12. The molecule has 1 aromatic heterocycles. The number of nitrogens with zero attached hydrogens (tertiary/aromatic N) is 1. The zero-order valence-corrected chi connectivity index (χ0v) is 10.0. The molecule has 0 saturated carbocycles. The first-order valence-electron chi connectivity index (χ1n) is 4.69. The number of halogens is 1. The predicted molar refractivity (Wildman–Crippen MR) is 61.4 cm³/mol. The number of carboxylic acid groups (broad SMARTS) is 1. The molecule has 0 bridgehead atoms. The van der Waals surface area contributed by atoms with Gasteiger partial charge in [-0.25, -0.2) is 0 Å². The lowest BCUT2D eigenvalue weighted by Crippen LogP contribution is -2.35. The molecular weight excluding hydrogens is 248 g/mol. The number of pyridine rings is 1. The second-order valence-corrected chi connectivity index (χ2v) is 3.95. The van der Waals surface area contributed by atoms with Crippen molar-refractivity contribution in [3.05, 3.63) is 32.7 Å². The second kappa shape index (κ2) is 5.01. The smallest absolute Gasteiger partial charge is 0.323 e. The van der Waals surface area contributed by atoms with E-state index in [-0.39, 0.29) is 10.6 Å². The third kappa shape index (κ3) is 3.07. The summed E-state index contributed by atoms with van der Waals surface area (Å²) in [5, 5.41) is 8.79. The second-order valence-electron chi connectivity index (χ2n) is 3.54. The number of aryl methyl sites for hydroxylation is 1. The van der Waals surface area contributed by atoms with Gasteiger partial charge in [0.25, 0.3) is 11.5 Å². The summed E-state index contributed by atoms with van der Waals surface area (Å²) in [5.41, 5.74) is -0.312. The van der Waals surface area contributed by atoms with Crippen molar-refractivity contribution in [2.75, 3.05) is 13.6 Å². The first kappa shape index (κ1) is 13.2. The number of rotatable bonds is 3. The van der Waals surface area contributed by atoms with Crippen LogP contribution in [0.15, 0.2) is 10.9 Å². The number of hydrogen-bond donors (Lipinski definition) is 2. The standard InChI is InChI=1S/C10H11ClN2O4/c1-5-7(11)3-6(9(16)12-5)10(17)13(2)4-8(14)15/h3H,4H2,1-2H3,(H,12,16)(H,14,15). The van der Waals surface area contributed by atoms with Gasteiger partial charge in [0.15, 0.2) is 0 Å². The van der Waals surface area contributed by atoms with Crippen LogP contribution in [0.5, 0.6) is 0 Å². The molecule has 1 aromatic rings. The van der Waals surface area contributed by atoms with Crippen LogP contribution in [0.4, 0.5) is 0 Å². The molecule has 17 heavy (non-hydrogen) atoms. The van der Waals surface area contributed by atoms with Gasteiger partial charge in [-0.05, 0) is 13.0 Å². The predicted octanol–water partition coefficient (Wildman–Crippen LogP) is 0.493. The van der Waals surface area contributed by atoms with Gasteiger partial charge in [0.2, 0.25) is 0 Å². The van der Waals surface area contributed by atoms with Crippen molar-refractivity contribution in [2.45, 2.75) is 6.92 Å². The maximum absolute atomic E-state index is 11.7. The summed E-state index contributed by atoms with van der Waals surface area (Å²) in [6.07, 6.45) is 0. The zero-order chi connectivity index (χ0) is 13.2. The summed E-state index contributed by atoms with van der Waals surface area (Å²) < 4.78 is 0. The average molecular weight is 259 g/mol. The van der Waals surface area contributed by atoms with Crippen LogP contribution in [0.2, 0.25) is 5.02 Å². The minimum Gasteiger partial charge on any atom is -0.480 e. The molecule has 6 nitrogen and oxygen atoms in total. The van der Waals surface area contributed by atoms with Gasteiger partial charge < -0.3 is 15.0 Å². The number of carbonyl (C=O) groups is 2. The Hall–Kier alpha value is -1.82. The van der Waals surface area contributed by atoms with Gasteiger partial charge in [-0.3, -0.25) is 14.4 Å². The summed E-state index contributed by atoms with van der Waals surface area (Å²) >= 11 is 5.78. The van der Waals surface area contributed by atoms with Gasteiger partial charge in [0.05, 0.1) is 5.02 Å². The number of amides is 1. The van der Waals surface area contributed by atoms with Crippen LogP contribution in [0.3, 0.4) is 0 Å². The Morgan fingerprint density at radius 1 is 1.53 bits per heavy atom. The van der Waals surface area contributed by atoms with Gasteiger partial charge in [-0.2, -0.15) is 0 Å².